The second kappa shape index (κ2) is 6.07. The smallest absolute Gasteiger partial charge is 0.187 e. The fourth-order valence-electron chi connectivity index (χ4n) is 1.94. The first-order valence-electron chi connectivity index (χ1n) is 6.31. The number of halogens is 1. The molecule has 0 bridgehead atoms. The summed E-state index contributed by atoms with van der Waals surface area (Å²) in [6.45, 7) is 0. The highest BCUT2D eigenvalue weighted by Gasteiger charge is 2.04. The molecule has 3 rings (SSSR count). The van der Waals surface area contributed by atoms with Crippen LogP contribution in [-0.2, 0) is 6.42 Å². The molecule has 0 fully saturated rings. The Balaban J connectivity index is 1.71. The highest BCUT2D eigenvalue weighted by Crippen LogP contribution is 2.25. The SMILES string of the molecule is Clc1cccc(Cc2cnc(Nc3ccccc3)s2)c1. The van der Waals surface area contributed by atoms with E-state index >= 15 is 0 Å². The van der Waals surface area contributed by atoms with Crippen LogP contribution < -0.4 is 5.32 Å². The summed E-state index contributed by atoms with van der Waals surface area (Å²) in [5, 5.41) is 4.99. The molecule has 1 heterocycles. The number of hydrogen-bond acceptors (Lipinski definition) is 3. The number of hydrogen-bond donors (Lipinski definition) is 1. The summed E-state index contributed by atoms with van der Waals surface area (Å²) in [5.41, 5.74) is 2.25. The van der Waals surface area contributed by atoms with Crippen molar-refractivity contribution in [3.63, 3.8) is 0 Å². The third-order valence-corrected chi connectivity index (χ3v) is 3.99. The van der Waals surface area contributed by atoms with Crippen molar-refractivity contribution in [2.24, 2.45) is 0 Å². The van der Waals surface area contributed by atoms with E-state index in [2.05, 4.69) is 16.4 Å². The van der Waals surface area contributed by atoms with E-state index in [9.17, 15) is 0 Å². The number of anilines is 2. The highest BCUT2D eigenvalue weighted by atomic mass is 35.5. The number of thiazole rings is 1. The van der Waals surface area contributed by atoms with Crippen LogP contribution in [0, 0.1) is 0 Å². The second-order valence-electron chi connectivity index (χ2n) is 4.43. The molecule has 0 aliphatic carbocycles. The van der Waals surface area contributed by atoms with Gasteiger partial charge in [-0.15, -0.1) is 11.3 Å². The van der Waals surface area contributed by atoms with Crippen LogP contribution in [0.1, 0.15) is 10.4 Å². The van der Waals surface area contributed by atoms with Gasteiger partial charge in [0.25, 0.3) is 0 Å². The number of aromatic nitrogens is 1. The molecule has 0 atom stereocenters. The molecule has 2 nitrogen and oxygen atoms in total. The molecule has 3 aromatic rings. The molecule has 0 aliphatic rings. The van der Waals surface area contributed by atoms with E-state index in [0.717, 1.165) is 22.3 Å². The largest absolute Gasteiger partial charge is 0.332 e. The van der Waals surface area contributed by atoms with E-state index in [1.54, 1.807) is 11.3 Å². The Hall–Kier alpha value is -1.84. The van der Waals surface area contributed by atoms with E-state index in [0.29, 0.717) is 0 Å². The Morgan fingerprint density at radius 3 is 2.70 bits per heavy atom. The fraction of sp³-hybridized carbons (Fsp3) is 0.0625. The van der Waals surface area contributed by atoms with Crippen LogP contribution in [0.5, 0.6) is 0 Å². The van der Waals surface area contributed by atoms with E-state index in [1.165, 1.54) is 10.4 Å². The van der Waals surface area contributed by atoms with Crippen LogP contribution in [0.15, 0.2) is 60.8 Å². The predicted molar refractivity (Wildman–Crippen MR) is 86.1 cm³/mol. The van der Waals surface area contributed by atoms with Crippen LogP contribution in [0.4, 0.5) is 10.8 Å². The monoisotopic (exact) mass is 300 g/mol. The lowest BCUT2D eigenvalue weighted by Gasteiger charge is -2.01. The molecule has 0 aliphatic heterocycles. The molecule has 0 amide bonds. The van der Waals surface area contributed by atoms with Crippen molar-refractivity contribution in [2.75, 3.05) is 5.32 Å². The topological polar surface area (TPSA) is 24.9 Å². The van der Waals surface area contributed by atoms with Crippen molar-refractivity contribution in [1.29, 1.82) is 0 Å². The molecule has 100 valence electrons. The summed E-state index contributed by atoms with van der Waals surface area (Å²) in [6.07, 6.45) is 2.77. The van der Waals surface area contributed by atoms with Gasteiger partial charge in [-0.3, -0.25) is 0 Å². The van der Waals surface area contributed by atoms with Gasteiger partial charge in [0.2, 0.25) is 0 Å². The zero-order valence-corrected chi connectivity index (χ0v) is 12.3. The minimum absolute atomic E-state index is 0.773. The average molecular weight is 301 g/mol. The van der Waals surface area contributed by atoms with E-state index in [1.807, 2.05) is 54.7 Å². The maximum Gasteiger partial charge on any atom is 0.187 e. The molecular formula is C16H13ClN2S. The van der Waals surface area contributed by atoms with Gasteiger partial charge in [0.1, 0.15) is 0 Å². The van der Waals surface area contributed by atoms with Crippen LogP contribution in [-0.4, -0.2) is 4.98 Å². The molecule has 0 saturated heterocycles. The first-order chi connectivity index (χ1) is 9.79. The summed E-state index contributed by atoms with van der Waals surface area (Å²) >= 11 is 7.66. The van der Waals surface area contributed by atoms with Gasteiger partial charge < -0.3 is 5.32 Å². The summed E-state index contributed by atoms with van der Waals surface area (Å²) in [7, 11) is 0. The molecule has 1 aromatic heterocycles. The standard InChI is InChI=1S/C16H13ClN2S/c17-13-6-4-5-12(9-13)10-15-11-18-16(20-15)19-14-7-2-1-3-8-14/h1-9,11H,10H2,(H,18,19). The van der Waals surface area contributed by atoms with Gasteiger partial charge in [0.05, 0.1) is 0 Å². The maximum absolute atomic E-state index is 6.00. The zero-order valence-electron chi connectivity index (χ0n) is 10.7. The summed E-state index contributed by atoms with van der Waals surface area (Å²) in [4.78, 5) is 5.62. The summed E-state index contributed by atoms with van der Waals surface area (Å²) < 4.78 is 0. The van der Waals surface area contributed by atoms with Gasteiger partial charge in [-0.25, -0.2) is 4.98 Å². The molecular weight excluding hydrogens is 288 g/mol. The lowest BCUT2D eigenvalue weighted by molar-refractivity contribution is 1.22. The van der Waals surface area contributed by atoms with Gasteiger partial charge in [0, 0.05) is 28.2 Å². The van der Waals surface area contributed by atoms with E-state index in [-0.39, 0.29) is 0 Å². The van der Waals surface area contributed by atoms with Crippen LogP contribution in [0.25, 0.3) is 0 Å². The lowest BCUT2D eigenvalue weighted by Crippen LogP contribution is -1.87. The molecule has 2 aromatic carbocycles. The van der Waals surface area contributed by atoms with Crippen molar-refractivity contribution in [3.8, 4) is 0 Å². The van der Waals surface area contributed by atoms with E-state index in [4.69, 9.17) is 11.6 Å². The van der Waals surface area contributed by atoms with E-state index < -0.39 is 0 Å². The van der Waals surface area contributed by atoms with Gasteiger partial charge >= 0.3 is 0 Å². The lowest BCUT2D eigenvalue weighted by atomic mass is 10.1. The molecule has 0 saturated carbocycles. The zero-order chi connectivity index (χ0) is 13.8. The fourth-order valence-corrected chi connectivity index (χ4v) is 3.02. The van der Waals surface area contributed by atoms with Gasteiger partial charge in [0.15, 0.2) is 5.13 Å². The average Bonchev–Trinajstić information content (AvgIpc) is 2.87. The van der Waals surface area contributed by atoms with Crippen molar-refractivity contribution in [3.05, 3.63) is 76.3 Å². The van der Waals surface area contributed by atoms with Crippen LogP contribution >= 0.6 is 22.9 Å². The minimum atomic E-state index is 0.773. The van der Waals surface area contributed by atoms with Gasteiger partial charge in [-0.05, 0) is 29.8 Å². The Kier molecular flexibility index (Phi) is 4.00. The van der Waals surface area contributed by atoms with Gasteiger partial charge in [-0.1, -0.05) is 41.9 Å². The van der Waals surface area contributed by atoms with Crippen LogP contribution in [0.2, 0.25) is 5.02 Å². The predicted octanol–water partition coefficient (Wildman–Crippen LogP) is 5.13. The molecule has 0 unspecified atom stereocenters. The number of nitrogens with zero attached hydrogens (tertiary/aromatic N) is 1. The Morgan fingerprint density at radius 1 is 1.05 bits per heavy atom. The molecule has 4 heteroatoms. The van der Waals surface area contributed by atoms with Crippen molar-refractivity contribution in [2.45, 2.75) is 6.42 Å². The number of benzene rings is 2. The quantitative estimate of drug-likeness (QED) is 0.722. The molecule has 0 radical (unpaired) electrons. The third kappa shape index (κ3) is 3.38. The highest BCUT2D eigenvalue weighted by molar-refractivity contribution is 7.15. The third-order valence-electron chi connectivity index (χ3n) is 2.85. The molecule has 20 heavy (non-hydrogen) atoms. The Labute approximate surface area is 127 Å². The second-order valence-corrected chi connectivity index (χ2v) is 5.98. The maximum atomic E-state index is 6.00. The van der Waals surface area contributed by atoms with Crippen molar-refractivity contribution >= 4 is 33.8 Å². The number of nitrogens with one attached hydrogen (secondary N) is 1. The van der Waals surface area contributed by atoms with Crippen LogP contribution in [0.3, 0.4) is 0 Å². The first kappa shape index (κ1) is 13.2. The summed E-state index contributed by atoms with van der Waals surface area (Å²) in [6, 6.07) is 18.0. The Bertz CT molecular complexity index is 694. The summed E-state index contributed by atoms with van der Waals surface area (Å²) in [5.74, 6) is 0. The normalized spacial score (nSPS) is 10.4. The number of para-hydroxylation sites is 1. The molecule has 1 N–H and O–H groups in total. The van der Waals surface area contributed by atoms with Gasteiger partial charge in [-0.2, -0.15) is 0 Å². The molecule has 0 spiro atoms. The Morgan fingerprint density at radius 2 is 1.90 bits per heavy atom. The van der Waals surface area contributed by atoms with Crippen molar-refractivity contribution in [1.82, 2.24) is 4.98 Å². The van der Waals surface area contributed by atoms with Crippen molar-refractivity contribution < 1.29 is 0 Å². The number of rotatable bonds is 4. The first-order valence-corrected chi connectivity index (χ1v) is 7.50. The minimum Gasteiger partial charge on any atom is -0.332 e.